The van der Waals surface area contributed by atoms with Crippen molar-refractivity contribution < 1.29 is 23.6 Å². The number of rotatable bonds is 6. The first kappa shape index (κ1) is 17.3. The Morgan fingerprint density at radius 1 is 1.32 bits per heavy atom. The Labute approximate surface area is 143 Å². The van der Waals surface area contributed by atoms with Crippen LogP contribution < -0.4 is 5.32 Å². The Balaban J connectivity index is 1.47. The molecule has 0 spiro atoms. The van der Waals surface area contributed by atoms with Crippen molar-refractivity contribution in [1.82, 2.24) is 0 Å². The van der Waals surface area contributed by atoms with Crippen LogP contribution in [0.3, 0.4) is 0 Å². The van der Waals surface area contributed by atoms with Crippen molar-refractivity contribution >= 4 is 23.3 Å². The van der Waals surface area contributed by atoms with E-state index in [0.29, 0.717) is 18.3 Å². The molecule has 2 fully saturated rings. The third-order valence-electron chi connectivity index (χ3n) is 5.11. The summed E-state index contributed by atoms with van der Waals surface area (Å²) < 4.78 is 18.6. The minimum Gasteiger partial charge on any atom is -0.456 e. The largest absolute Gasteiger partial charge is 0.456 e. The average Bonchev–Trinajstić information content (AvgIpc) is 3.17. The highest BCUT2D eigenvalue weighted by molar-refractivity contribution is 5.93. The number of carbonyl (C=O) groups excluding carboxylic acids is 2. The van der Waals surface area contributed by atoms with E-state index in [4.69, 9.17) is 4.74 Å². The zero-order valence-corrected chi connectivity index (χ0v) is 13.6. The van der Waals surface area contributed by atoms with Crippen molar-refractivity contribution in [1.29, 1.82) is 0 Å². The molecule has 2 saturated carbocycles. The van der Waals surface area contributed by atoms with Gasteiger partial charge >= 0.3 is 5.97 Å². The van der Waals surface area contributed by atoms with Gasteiger partial charge in [-0.25, -0.2) is 4.39 Å². The van der Waals surface area contributed by atoms with E-state index in [1.54, 1.807) is 0 Å². The summed E-state index contributed by atoms with van der Waals surface area (Å²) in [6.45, 7) is -0.540. The average molecular weight is 350 g/mol. The first-order valence-electron chi connectivity index (χ1n) is 8.31. The smallest absolute Gasteiger partial charge is 0.306 e. The Bertz CT molecular complexity index is 708. The molecule has 3 atom stereocenters. The van der Waals surface area contributed by atoms with Crippen molar-refractivity contribution in [2.45, 2.75) is 32.1 Å². The minimum absolute atomic E-state index is 0.305. The molecule has 1 aromatic carbocycles. The van der Waals surface area contributed by atoms with Gasteiger partial charge in [0.2, 0.25) is 0 Å². The second-order valence-electron chi connectivity index (χ2n) is 6.77. The Kier molecular flexibility index (Phi) is 4.96. The van der Waals surface area contributed by atoms with E-state index < -0.39 is 29.2 Å². The van der Waals surface area contributed by atoms with Gasteiger partial charge < -0.3 is 10.1 Å². The maximum absolute atomic E-state index is 13.6. The number of halogens is 1. The number of nitrogens with zero attached hydrogens (tertiary/aromatic N) is 1. The van der Waals surface area contributed by atoms with Crippen LogP contribution in [0.1, 0.15) is 32.1 Å². The summed E-state index contributed by atoms with van der Waals surface area (Å²) in [5, 5.41) is 12.9. The third kappa shape index (κ3) is 4.12. The van der Waals surface area contributed by atoms with Crippen molar-refractivity contribution in [3.05, 3.63) is 34.1 Å². The maximum Gasteiger partial charge on any atom is 0.306 e. The number of hydrogen-bond donors (Lipinski definition) is 1. The van der Waals surface area contributed by atoms with Gasteiger partial charge in [-0.3, -0.25) is 19.7 Å². The first-order chi connectivity index (χ1) is 11.9. The second kappa shape index (κ2) is 7.16. The molecule has 0 unspecified atom stereocenters. The van der Waals surface area contributed by atoms with Crippen molar-refractivity contribution in [2.24, 2.45) is 17.8 Å². The summed E-state index contributed by atoms with van der Waals surface area (Å²) >= 11 is 0. The number of nitrogens with one attached hydrogen (secondary N) is 1. The molecule has 0 saturated heterocycles. The van der Waals surface area contributed by atoms with Crippen LogP contribution in [0.5, 0.6) is 0 Å². The summed E-state index contributed by atoms with van der Waals surface area (Å²) in [4.78, 5) is 33.7. The fourth-order valence-corrected chi connectivity index (χ4v) is 3.95. The molecule has 134 valence electrons. The summed E-state index contributed by atoms with van der Waals surface area (Å²) in [5.41, 5.74) is -0.659. The van der Waals surface area contributed by atoms with Crippen LogP contribution in [0.25, 0.3) is 0 Å². The maximum atomic E-state index is 13.6. The predicted molar refractivity (Wildman–Crippen MR) is 86.2 cm³/mol. The van der Waals surface area contributed by atoms with E-state index in [-0.39, 0.29) is 11.4 Å². The van der Waals surface area contributed by atoms with E-state index in [1.807, 2.05) is 0 Å². The van der Waals surface area contributed by atoms with Gasteiger partial charge in [-0.1, -0.05) is 6.42 Å². The lowest BCUT2D eigenvalue weighted by atomic mass is 9.86. The molecule has 1 aromatic rings. The van der Waals surface area contributed by atoms with E-state index in [0.717, 1.165) is 37.0 Å². The van der Waals surface area contributed by atoms with E-state index in [9.17, 15) is 24.1 Å². The SMILES string of the molecule is O=C(COC(=O)C[C@H]1C[C@H]2CC[C@H]1C2)Nc1cc([N+](=O)[O-])ccc1F. The van der Waals surface area contributed by atoms with Gasteiger partial charge in [0.05, 0.1) is 10.6 Å². The highest BCUT2D eigenvalue weighted by Gasteiger charge is 2.40. The van der Waals surface area contributed by atoms with Crippen LogP contribution in [0, 0.1) is 33.7 Å². The number of carbonyl (C=O) groups is 2. The zero-order chi connectivity index (χ0) is 18.0. The van der Waals surface area contributed by atoms with E-state index >= 15 is 0 Å². The molecule has 0 radical (unpaired) electrons. The summed E-state index contributed by atoms with van der Waals surface area (Å²) in [7, 11) is 0. The topological polar surface area (TPSA) is 98.5 Å². The highest BCUT2D eigenvalue weighted by atomic mass is 19.1. The summed E-state index contributed by atoms with van der Waals surface area (Å²) in [6, 6.07) is 2.82. The number of amides is 1. The van der Waals surface area contributed by atoms with Gasteiger partial charge in [0.15, 0.2) is 6.61 Å². The molecule has 2 aliphatic carbocycles. The summed E-state index contributed by atoms with van der Waals surface area (Å²) in [5.74, 6) is -0.322. The number of anilines is 1. The molecule has 3 rings (SSSR count). The zero-order valence-electron chi connectivity index (χ0n) is 13.6. The molecule has 8 heteroatoms. The normalized spacial score (nSPS) is 24.1. The molecule has 7 nitrogen and oxygen atoms in total. The molecule has 2 aliphatic rings. The van der Waals surface area contributed by atoms with Gasteiger partial charge in [0, 0.05) is 18.6 Å². The molecule has 25 heavy (non-hydrogen) atoms. The summed E-state index contributed by atoms with van der Waals surface area (Å²) in [6.07, 6.45) is 4.94. The van der Waals surface area contributed by atoms with E-state index in [2.05, 4.69) is 5.32 Å². The van der Waals surface area contributed by atoms with Crippen molar-refractivity contribution in [2.75, 3.05) is 11.9 Å². The Hall–Kier alpha value is -2.51. The number of esters is 1. The molecule has 2 bridgehead atoms. The molecule has 1 N–H and O–H groups in total. The van der Waals surface area contributed by atoms with E-state index in [1.165, 1.54) is 12.8 Å². The fraction of sp³-hybridized carbons (Fsp3) is 0.529. The van der Waals surface area contributed by atoms with Crippen LogP contribution in [-0.4, -0.2) is 23.4 Å². The molecular weight excluding hydrogens is 331 g/mol. The van der Waals surface area contributed by atoms with Crippen LogP contribution >= 0.6 is 0 Å². The molecule has 0 heterocycles. The number of fused-ring (bicyclic) bond motifs is 2. The number of hydrogen-bond acceptors (Lipinski definition) is 5. The number of nitro groups is 1. The molecule has 0 aromatic heterocycles. The van der Waals surface area contributed by atoms with Crippen molar-refractivity contribution in [3.8, 4) is 0 Å². The number of benzene rings is 1. The lowest BCUT2D eigenvalue weighted by Crippen LogP contribution is -2.23. The molecule has 0 aliphatic heterocycles. The lowest BCUT2D eigenvalue weighted by Gasteiger charge is -2.20. The Morgan fingerprint density at radius 2 is 2.12 bits per heavy atom. The number of non-ortho nitro benzene ring substituents is 1. The standard InChI is InChI=1S/C17H19FN2O5/c18-14-4-3-13(20(23)24)8-15(14)19-16(21)9-25-17(22)7-12-6-10-1-2-11(12)5-10/h3-4,8,10-12H,1-2,5-7,9H2,(H,19,21)/t10-,11-,12+/m0/s1. The molecular formula is C17H19FN2O5. The quantitative estimate of drug-likeness (QED) is 0.483. The van der Waals surface area contributed by atoms with Crippen LogP contribution in [0.2, 0.25) is 0 Å². The first-order valence-corrected chi connectivity index (χ1v) is 8.31. The van der Waals surface area contributed by atoms with Gasteiger partial charge in [0.1, 0.15) is 5.82 Å². The fourth-order valence-electron chi connectivity index (χ4n) is 3.95. The lowest BCUT2D eigenvalue weighted by molar-refractivity contribution is -0.384. The monoisotopic (exact) mass is 350 g/mol. The minimum atomic E-state index is -0.799. The third-order valence-corrected chi connectivity index (χ3v) is 5.11. The number of nitro benzene ring substituents is 1. The highest BCUT2D eigenvalue weighted by Crippen LogP contribution is 2.49. The van der Waals surface area contributed by atoms with Gasteiger partial charge in [-0.05, 0) is 43.1 Å². The van der Waals surface area contributed by atoms with Crippen LogP contribution in [-0.2, 0) is 14.3 Å². The van der Waals surface area contributed by atoms with Crippen molar-refractivity contribution in [3.63, 3.8) is 0 Å². The predicted octanol–water partition coefficient (Wildman–Crippen LogP) is 3.04. The second-order valence-corrected chi connectivity index (χ2v) is 6.77. The molecule has 1 amide bonds. The Morgan fingerprint density at radius 3 is 2.76 bits per heavy atom. The van der Waals surface area contributed by atoms with Gasteiger partial charge in [-0.2, -0.15) is 0 Å². The van der Waals surface area contributed by atoms with Gasteiger partial charge in [0.25, 0.3) is 11.6 Å². The van der Waals surface area contributed by atoms with Crippen LogP contribution in [0.15, 0.2) is 18.2 Å². The van der Waals surface area contributed by atoms with Gasteiger partial charge in [-0.15, -0.1) is 0 Å². The number of ether oxygens (including phenoxy) is 1. The van der Waals surface area contributed by atoms with Crippen LogP contribution in [0.4, 0.5) is 15.8 Å².